The largest absolute Gasteiger partial charge is 0.416 e. The number of hydrogen-bond donors (Lipinski definition) is 0. The molecule has 1 aromatic rings. The normalized spacial score (nSPS) is 24.5. The van der Waals surface area contributed by atoms with E-state index < -0.39 is 23.7 Å². The molecule has 0 radical (unpaired) electrons. The van der Waals surface area contributed by atoms with Crippen molar-refractivity contribution >= 4 is 11.6 Å². The topological polar surface area (TPSA) is 9.23 Å². The molecule has 0 saturated carbocycles. The zero-order chi connectivity index (χ0) is 14.0. The highest BCUT2D eigenvalue weighted by Crippen LogP contribution is 2.37. The first kappa shape index (κ1) is 14.6. The number of benzene rings is 1. The molecule has 1 aliphatic rings. The van der Waals surface area contributed by atoms with Gasteiger partial charge in [-0.3, -0.25) is 0 Å². The summed E-state index contributed by atoms with van der Waals surface area (Å²) in [6.07, 6.45) is -3.55. The number of halogens is 5. The van der Waals surface area contributed by atoms with E-state index in [1.54, 1.807) is 0 Å². The lowest BCUT2D eigenvalue weighted by atomic mass is 9.90. The molecular weight excluding hydrogens is 284 g/mol. The molecule has 106 valence electrons. The average molecular weight is 297 g/mol. The molecule has 1 aromatic carbocycles. The van der Waals surface area contributed by atoms with Gasteiger partial charge in [0, 0.05) is 18.4 Å². The summed E-state index contributed by atoms with van der Waals surface area (Å²) in [5.74, 6) is -0.715. The molecule has 0 aliphatic carbocycles. The zero-order valence-corrected chi connectivity index (χ0v) is 10.8. The maximum Gasteiger partial charge on any atom is 0.416 e. The standard InChI is InChI=1S/C13H13ClF4O/c14-7-8-2-1-3-19-12(8)9-4-10(13(16,17)18)6-11(15)5-9/h4-6,8,12H,1-3,7H2. The zero-order valence-electron chi connectivity index (χ0n) is 10.0. The minimum absolute atomic E-state index is 0.0849. The summed E-state index contributed by atoms with van der Waals surface area (Å²) in [7, 11) is 0. The first-order valence-electron chi connectivity index (χ1n) is 5.97. The Morgan fingerprint density at radius 1 is 1.26 bits per heavy atom. The van der Waals surface area contributed by atoms with Crippen molar-refractivity contribution in [2.75, 3.05) is 12.5 Å². The summed E-state index contributed by atoms with van der Waals surface area (Å²) in [6, 6.07) is 2.52. The van der Waals surface area contributed by atoms with Crippen LogP contribution in [0.25, 0.3) is 0 Å². The van der Waals surface area contributed by atoms with E-state index in [4.69, 9.17) is 16.3 Å². The fraction of sp³-hybridized carbons (Fsp3) is 0.538. The van der Waals surface area contributed by atoms with E-state index in [1.807, 2.05) is 0 Å². The molecule has 6 heteroatoms. The molecule has 0 spiro atoms. The van der Waals surface area contributed by atoms with Crippen LogP contribution in [0.4, 0.5) is 17.6 Å². The predicted molar refractivity (Wildman–Crippen MR) is 63.5 cm³/mol. The van der Waals surface area contributed by atoms with E-state index >= 15 is 0 Å². The van der Waals surface area contributed by atoms with Crippen molar-refractivity contribution in [3.05, 3.63) is 35.1 Å². The first-order valence-corrected chi connectivity index (χ1v) is 6.50. The van der Waals surface area contributed by atoms with Gasteiger partial charge in [-0.05, 0) is 36.6 Å². The number of ether oxygens (including phenoxy) is 1. The van der Waals surface area contributed by atoms with Crippen molar-refractivity contribution in [3.63, 3.8) is 0 Å². The van der Waals surface area contributed by atoms with Crippen molar-refractivity contribution in [2.24, 2.45) is 5.92 Å². The van der Waals surface area contributed by atoms with Gasteiger partial charge in [0.2, 0.25) is 0 Å². The third kappa shape index (κ3) is 3.39. The van der Waals surface area contributed by atoms with Gasteiger partial charge in [-0.1, -0.05) is 0 Å². The summed E-state index contributed by atoms with van der Waals surface area (Å²) >= 11 is 5.80. The Morgan fingerprint density at radius 2 is 2.00 bits per heavy atom. The van der Waals surface area contributed by atoms with Gasteiger partial charge in [0.15, 0.2) is 0 Å². The van der Waals surface area contributed by atoms with Gasteiger partial charge in [0.05, 0.1) is 11.7 Å². The van der Waals surface area contributed by atoms with Crippen LogP contribution in [-0.4, -0.2) is 12.5 Å². The molecule has 1 fully saturated rings. The lowest BCUT2D eigenvalue weighted by Gasteiger charge is -2.31. The quantitative estimate of drug-likeness (QED) is 0.574. The second kappa shape index (κ2) is 5.67. The van der Waals surface area contributed by atoms with Crippen LogP contribution >= 0.6 is 11.6 Å². The molecule has 2 atom stereocenters. The fourth-order valence-electron chi connectivity index (χ4n) is 2.31. The molecule has 1 aliphatic heterocycles. The van der Waals surface area contributed by atoms with Gasteiger partial charge >= 0.3 is 6.18 Å². The molecule has 0 N–H and O–H groups in total. The highest BCUT2D eigenvalue weighted by atomic mass is 35.5. The molecular formula is C13H13ClF4O. The van der Waals surface area contributed by atoms with Crippen molar-refractivity contribution in [2.45, 2.75) is 25.1 Å². The smallest absolute Gasteiger partial charge is 0.373 e. The van der Waals surface area contributed by atoms with Crippen LogP contribution < -0.4 is 0 Å². The Balaban J connectivity index is 2.35. The molecule has 0 aromatic heterocycles. The average Bonchev–Trinajstić information content (AvgIpc) is 2.37. The van der Waals surface area contributed by atoms with E-state index in [0.717, 1.165) is 25.0 Å². The molecule has 1 heterocycles. The van der Waals surface area contributed by atoms with Gasteiger partial charge < -0.3 is 4.74 Å². The van der Waals surface area contributed by atoms with Crippen molar-refractivity contribution in [1.82, 2.24) is 0 Å². The minimum Gasteiger partial charge on any atom is -0.373 e. The molecule has 2 rings (SSSR count). The van der Waals surface area contributed by atoms with Crippen molar-refractivity contribution < 1.29 is 22.3 Å². The number of alkyl halides is 4. The summed E-state index contributed by atoms with van der Waals surface area (Å²) in [6.45, 7) is 0.454. The molecule has 1 saturated heterocycles. The second-order valence-corrected chi connectivity index (χ2v) is 4.93. The molecule has 0 amide bonds. The Labute approximate surface area is 113 Å². The van der Waals surface area contributed by atoms with Crippen molar-refractivity contribution in [3.8, 4) is 0 Å². The predicted octanol–water partition coefficient (Wildman–Crippen LogP) is 4.55. The van der Waals surface area contributed by atoms with Crippen LogP contribution in [0.15, 0.2) is 18.2 Å². The monoisotopic (exact) mass is 296 g/mol. The molecule has 1 nitrogen and oxygen atoms in total. The fourth-order valence-corrected chi connectivity index (χ4v) is 2.63. The van der Waals surface area contributed by atoms with Crippen LogP contribution in [-0.2, 0) is 10.9 Å². The van der Waals surface area contributed by atoms with Gasteiger partial charge in [-0.15, -0.1) is 11.6 Å². The highest BCUT2D eigenvalue weighted by Gasteiger charge is 2.34. The number of rotatable bonds is 2. The van der Waals surface area contributed by atoms with Crippen LogP contribution in [0.5, 0.6) is 0 Å². The summed E-state index contributed by atoms with van der Waals surface area (Å²) in [5.41, 5.74) is -0.789. The SMILES string of the molecule is Fc1cc(C2OCCCC2CCl)cc(C(F)(F)F)c1. The van der Waals surface area contributed by atoms with Gasteiger partial charge in [0.25, 0.3) is 0 Å². The van der Waals surface area contributed by atoms with E-state index in [-0.39, 0.29) is 17.4 Å². The molecule has 2 unspecified atom stereocenters. The Kier molecular flexibility index (Phi) is 4.36. The van der Waals surface area contributed by atoms with E-state index in [0.29, 0.717) is 12.7 Å². The maximum atomic E-state index is 13.4. The minimum atomic E-state index is -4.57. The molecule has 19 heavy (non-hydrogen) atoms. The Hall–Kier alpha value is -0.810. The lowest BCUT2D eigenvalue weighted by molar-refractivity contribution is -0.138. The number of hydrogen-bond acceptors (Lipinski definition) is 1. The maximum absolute atomic E-state index is 13.4. The van der Waals surface area contributed by atoms with Gasteiger partial charge in [-0.25, -0.2) is 4.39 Å². The van der Waals surface area contributed by atoms with Crippen LogP contribution in [0.3, 0.4) is 0 Å². The third-order valence-corrected chi connectivity index (χ3v) is 3.62. The van der Waals surface area contributed by atoms with Crippen LogP contribution in [0.1, 0.15) is 30.1 Å². The van der Waals surface area contributed by atoms with Gasteiger partial charge in [0.1, 0.15) is 5.82 Å². The second-order valence-electron chi connectivity index (χ2n) is 4.62. The summed E-state index contributed by atoms with van der Waals surface area (Å²) in [4.78, 5) is 0. The highest BCUT2D eigenvalue weighted by molar-refractivity contribution is 6.18. The summed E-state index contributed by atoms with van der Waals surface area (Å²) < 4.78 is 56.8. The Morgan fingerprint density at radius 3 is 2.63 bits per heavy atom. The third-order valence-electron chi connectivity index (χ3n) is 3.22. The first-order chi connectivity index (χ1) is 8.91. The van der Waals surface area contributed by atoms with Crippen LogP contribution in [0.2, 0.25) is 0 Å². The lowest BCUT2D eigenvalue weighted by Crippen LogP contribution is -2.24. The van der Waals surface area contributed by atoms with Crippen LogP contribution in [0, 0.1) is 11.7 Å². The van der Waals surface area contributed by atoms with Crippen molar-refractivity contribution in [1.29, 1.82) is 0 Å². The Bertz CT molecular complexity index is 447. The van der Waals surface area contributed by atoms with Gasteiger partial charge in [-0.2, -0.15) is 13.2 Å². The van der Waals surface area contributed by atoms with E-state index in [9.17, 15) is 17.6 Å². The van der Waals surface area contributed by atoms with E-state index in [1.165, 1.54) is 0 Å². The molecule has 0 bridgehead atoms. The van der Waals surface area contributed by atoms with E-state index in [2.05, 4.69) is 0 Å². The summed E-state index contributed by atoms with van der Waals surface area (Å²) in [5, 5.41) is 0.